The Balaban J connectivity index is 2.22. The van der Waals surface area contributed by atoms with Crippen LogP contribution in [0.15, 0.2) is 58.2 Å². The molecule has 0 fully saturated rings. The molecule has 0 unspecified atom stereocenters. The van der Waals surface area contributed by atoms with Gasteiger partial charge in [-0.15, -0.1) is 0 Å². The molecule has 3 rings (SSSR count). The smallest absolute Gasteiger partial charge is 0.342 e. The molecule has 2 aromatic carbocycles. The van der Waals surface area contributed by atoms with Crippen molar-refractivity contribution in [3.63, 3.8) is 0 Å². The molecule has 148 valence electrons. The van der Waals surface area contributed by atoms with Crippen LogP contribution >= 0.6 is 0 Å². The van der Waals surface area contributed by atoms with E-state index >= 15 is 0 Å². The lowest BCUT2D eigenvalue weighted by atomic mass is 10.2. The summed E-state index contributed by atoms with van der Waals surface area (Å²) in [5.41, 5.74) is 0.684. The lowest BCUT2D eigenvalue weighted by Gasteiger charge is -2.18. The summed E-state index contributed by atoms with van der Waals surface area (Å²) in [4.78, 5) is 27.3. The summed E-state index contributed by atoms with van der Waals surface area (Å²) < 4.78 is 28.5. The summed E-state index contributed by atoms with van der Waals surface area (Å²) in [5.74, 6) is -0.233. The minimum absolute atomic E-state index is 0.0348. The van der Waals surface area contributed by atoms with Gasteiger partial charge in [-0.1, -0.05) is 24.3 Å². The Hall–Kier alpha value is -2.87. The molecule has 0 N–H and O–H groups in total. The standard InChI is InChI=1S/C20H23N3O4S/c1-4-21(5-2)19(24)14-22-17-11-6-7-12-18(17)23(20(22)25)28(26,27)16-10-8-9-15(3)13-16/h6-13H,4-5,14H2,1-3H3. The van der Waals surface area contributed by atoms with Gasteiger partial charge in [-0.2, -0.15) is 3.97 Å². The van der Waals surface area contributed by atoms with Crippen molar-refractivity contribution in [3.05, 3.63) is 64.6 Å². The maximum Gasteiger partial charge on any atom is 0.343 e. The molecule has 7 nitrogen and oxygen atoms in total. The maximum absolute atomic E-state index is 13.2. The van der Waals surface area contributed by atoms with Crippen LogP contribution in [0.5, 0.6) is 0 Å². The Bertz CT molecular complexity index is 1190. The highest BCUT2D eigenvalue weighted by Crippen LogP contribution is 2.20. The second kappa shape index (κ2) is 7.63. The molecule has 0 aliphatic carbocycles. The van der Waals surface area contributed by atoms with E-state index in [1.165, 1.54) is 16.7 Å². The van der Waals surface area contributed by atoms with Crippen molar-refractivity contribution in [1.82, 2.24) is 13.4 Å². The van der Waals surface area contributed by atoms with Crippen molar-refractivity contribution in [3.8, 4) is 0 Å². The molecule has 0 spiro atoms. The Kier molecular flexibility index (Phi) is 5.42. The number of aromatic nitrogens is 2. The number of likely N-dealkylation sites (N-methyl/N-ethyl adjacent to an activating group) is 1. The Morgan fingerprint density at radius 2 is 1.64 bits per heavy atom. The van der Waals surface area contributed by atoms with Crippen molar-refractivity contribution < 1.29 is 13.2 Å². The lowest BCUT2D eigenvalue weighted by molar-refractivity contribution is -0.131. The molecular formula is C20H23N3O4S. The van der Waals surface area contributed by atoms with Crippen LogP contribution in [0, 0.1) is 6.92 Å². The first-order valence-electron chi connectivity index (χ1n) is 9.11. The van der Waals surface area contributed by atoms with Crippen LogP contribution in [-0.4, -0.2) is 40.9 Å². The molecule has 1 heterocycles. The predicted molar refractivity (Wildman–Crippen MR) is 108 cm³/mol. The first-order chi connectivity index (χ1) is 13.3. The van der Waals surface area contributed by atoms with Crippen molar-refractivity contribution in [1.29, 1.82) is 0 Å². The molecule has 0 aliphatic rings. The first kappa shape index (κ1) is 19.9. The minimum Gasteiger partial charge on any atom is -0.342 e. The van der Waals surface area contributed by atoms with E-state index in [-0.39, 0.29) is 22.9 Å². The molecule has 0 radical (unpaired) electrons. The van der Waals surface area contributed by atoms with Gasteiger partial charge in [0.15, 0.2) is 0 Å². The van der Waals surface area contributed by atoms with Gasteiger partial charge in [0.25, 0.3) is 10.0 Å². The van der Waals surface area contributed by atoms with Gasteiger partial charge in [0.05, 0.1) is 15.9 Å². The fraction of sp³-hybridized carbons (Fsp3) is 0.300. The van der Waals surface area contributed by atoms with E-state index in [2.05, 4.69) is 0 Å². The molecule has 3 aromatic rings. The number of carbonyl (C=O) groups excluding carboxylic acids is 1. The van der Waals surface area contributed by atoms with E-state index in [0.717, 1.165) is 9.54 Å². The summed E-state index contributed by atoms with van der Waals surface area (Å²) in [6.45, 7) is 6.32. The van der Waals surface area contributed by atoms with E-state index in [4.69, 9.17) is 0 Å². The van der Waals surface area contributed by atoms with Crippen molar-refractivity contribution in [2.24, 2.45) is 0 Å². The number of amides is 1. The van der Waals surface area contributed by atoms with E-state index in [9.17, 15) is 18.0 Å². The largest absolute Gasteiger partial charge is 0.343 e. The van der Waals surface area contributed by atoms with Gasteiger partial charge in [0.2, 0.25) is 5.91 Å². The van der Waals surface area contributed by atoms with Crippen LogP contribution in [-0.2, 0) is 21.4 Å². The Morgan fingerprint density at radius 3 is 2.25 bits per heavy atom. The van der Waals surface area contributed by atoms with Gasteiger partial charge in [0.1, 0.15) is 6.54 Å². The van der Waals surface area contributed by atoms with Crippen molar-refractivity contribution >= 4 is 27.0 Å². The molecule has 0 saturated heterocycles. The molecule has 0 saturated carbocycles. The van der Waals surface area contributed by atoms with Crippen molar-refractivity contribution in [2.75, 3.05) is 13.1 Å². The van der Waals surface area contributed by atoms with Crippen LogP contribution in [0.3, 0.4) is 0 Å². The summed E-state index contributed by atoms with van der Waals surface area (Å²) in [7, 11) is -4.11. The van der Waals surface area contributed by atoms with E-state index in [0.29, 0.717) is 18.6 Å². The molecule has 28 heavy (non-hydrogen) atoms. The number of rotatable bonds is 6. The van der Waals surface area contributed by atoms with Crippen molar-refractivity contribution in [2.45, 2.75) is 32.2 Å². The number of carbonyl (C=O) groups is 1. The highest BCUT2D eigenvalue weighted by atomic mass is 32.2. The summed E-state index contributed by atoms with van der Waals surface area (Å²) in [6.07, 6.45) is 0. The van der Waals surface area contributed by atoms with Gasteiger partial charge in [-0.05, 0) is 50.6 Å². The van der Waals surface area contributed by atoms with Crippen LogP contribution in [0.25, 0.3) is 11.0 Å². The normalized spacial score (nSPS) is 11.7. The third kappa shape index (κ3) is 3.35. The number of imidazole rings is 1. The average Bonchev–Trinajstić information content (AvgIpc) is 2.95. The van der Waals surface area contributed by atoms with Crippen LogP contribution < -0.4 is 5.69 Å². The van der Waals surface area contributed by atoms with Crippen LogP contribution in [0.2, 0.25) is 0 Å². The number of fused-ring (bicyclic) bond motifs is 1. The van der Waals surface area contributed by atoms with E-state index < -0.39 is 15.7 Å². The van der Waals surface area contributed by atoms with Crippen LogP contribution in [0.1, 0.15) is 19.4 Å². The van der Waals surface area contributed by atoms with Crippen LogP contribution in [0.4, 0.5) is 0 Å². The predicted octanol–water partition coefficient (Wildman–Crippen LogP) is 2.22. The molecular weight excluding hydrogens is 378 g/mol. The molecule has 0 atom stereocenters. The maximum atomic E-state index is 13.2. The fourth-order valence-electron chi connectivity index (χ4n) is 3.26. The third-order valence-electron chi connectivity index (χ3n) is 4.73. The average molecular weight is 401 g/mol. The number of para-hydroxylation sites is 2. The minimum atomic E-state index is -4.11. The number of nitrogens with zero attached hydrogens (tertiary/aromatic N) is 3. The summed E-state index contributed by atoms with van der Waals surface area (Å²) >= 11 is 0. The number of benzene rings is 2. The zero-order chi connectivity index (χ0) is 20.5. The second-order valence-electron chi connectivity index (χ2n) is 6.51. The van der Waals surface area contributed by atoms with E-state index in [1.54, 1.807) is 48.2 Å². The third-order valence-corrected chi connectivity index (χ3v) is 6.42. The first-order valence-corrected chi connectivity index (χ1v) is 10.6. The monoisotopic (exact) mass is 401 g/mol. The molecule has 0 bridgehead atoms. The number of aryl methyl sites for hydroxylation is 1. The van der Waals surface area contributed by atoms with Gasteiger partial charge in [-0.3, -0.25) is 9.36 Å². The lowest BCUT2D eigenvalue weighted by Crippen LogP contribution is -2.37. The van der Waals surface area contributed by atoms with Gasteiger partial charge >= 0.3 is 5.69 Å². The zero-order valence-corrected chi connectivity index (χ0v) is 16.9. The SMILES string of the molecule is CCN(CC)C(=O)Cn1c(=O)n(S(=O)(=O)c2cccc(C)c2)c2ccccc21. The van der Waals surface area contributed by atoms with Gasteiger partial charge in [0, 0.05) is 13.1 Å². The zero-order valence-electron chi connectivity index (χ0n) is 16.1. The Labute approximate surface area is 163 Å². The van der Waals surface area contributed by atoms with Gasteiger partial charge < -0.3 is 4.90 Å². The summed E-state index contributed by atoms with van der Waals surface area (Å²) in [6, 6.07) is 13.0. The quantitative estimate of drug-likeness (QED) is 0.634. The molecule has 1 aromatic heterocycles. The van der Waals surface area contributed by atoms with E-state index in [1.807, 2.05) is 13.8 Å². The topological polar surface area (TPSA) is 81.4 Å². The Morgan fingerprint density at radius 1 is 1.00 bits per heavy atom. The van der Waals surface area contributed by atoms with Gasteiger partial charge in [-0.25, -0.2) is 13.2 Å². The second-order valence-corrected chi connectivity index (χ2v) is 8.30. The highest BCUT2D eigenvalue weighted by Gasteiger charge is 2.26. The number of hydrogen-bond acceptors (Lipinski definition) is 4. The molecule has 8 heteroatoms. The number of hydrogen-bond donors (Lipinski definition) is 0. The highest BCUT2D eigenvalue weighted by molar-refractivity contribution is 7.90. The molecule has 1 amide bonds. The fourth-order valence-corrected chi connectivity index (χ4v) is 4.77. The molecule has 0 aliphatic heterocycles. The summed E-state index contributed by atoms with van der Waals surface area (Å²) in [5, 5.41) is 0.